The van der Waals surface area contributed by atoms with Gasteiger partial charge < -0.3 is 20.5 Å². The summed E-state index contributed by atoms with van der Waals surface area (Å²) < 4.78 is 11.8. The lowest BCUT2D eigenvalue weighted by Gasteiger charge is -2.28. The van der Waals surface area contributed by atoms with Gasteiger partial charge in [-0.2, -0.15) is 0 Å². The summed E-state index contributed by atoms with van der Waals surface area (Å²) in [6, 6.07) is 4.40. The Morgan fingerprint density at radius 2 is 2.04 bits per heavy atom. The minimum absolute atomic E-state index is 0. The second-order valence-corrected chi connectivity index (χ2v) is 7.68. The summed E-state index contributed by atoms with van der Waals surface area (Å²) in [5, 5.41) is 3.23. The molecule has 0 saturated heterocycles. The number of ether oxygens (including phenoxy) is 2. The van der Waals surface area contributed by atoms with Gasteiger partial charge in [-0.15, -0.1) is 12.4 Å². The summed E-state index contributed by atoms with van der Waals surface area (Å²) in [6.07, 6.45) is 3.60. The Kier molecular flexibility index (Phi) is 7.03. The second kappa shape index (κ2) is 8.70. The Morgan fingerprint density at radius 1 is 1.33 bits per heavy atom. The lowest BCUT2D eigenvalue weighted by molar-refractivity contribution is -0.131. The average Bonchev–Trinajstić information content (AvgIpc) is 3.28. The van der Waals surface area contributed by atoms with Crippen LogP contribution in [0.4, 0.5) is 0 Å². The van der Waals surface area contributed by atoms with Crippen LogP contribution >= 0.6 is 12.4 Å². The molecule has 2 aliphatic rings. The van der Waals surface area contributed by atoms with Gasteiger partial charge in [0.25, 0.3) is 0 Å². The fraction of sp³-hybridized carbons (Fsp3) is 0.667. The molecule has 0 bridgehead atoms. The molecule has 1 heterocycles. The fourth-order valence-electron chi connectivity index (χ4n) is 4.00. The van der Waals surface area contributed by atoms with Gasteiger partial charge in [0.2, 0.25) is 5.91 Å². The van der Waals surface area contributed by atoms with Gasteiger partial charge in [0.05, 0.1) is 12.0 Å². The van der Waals surface area contributed by atoms with Crippen LogP contribution in [0, 0.1) is 5.41 Å². The maximum Gasteiger partial charge on any atom is 0.227 e. The van der Waals surface area contributed by atoms with Crippen LogP contribution in [0.5, 0.6) is 11.5 Å². The van der Waals surface area contributed by atoms with Crippen LogP contribution in [-0.2, 0) is 11.2 Å². The van der Waals surface area contributed by atoms with E-state index in [0.29, 0.717) is 13.2 Å². The van der Waals surface area contributed by atoms with E-state index < -0.39 is 5.41 Å². The number of benzene rings is 1. The monoisotopic (exact) mass is 396 g/mol. The minimum Gasteiger partial charge on any atom is -0.494 e. The van der Waals surface area contributed by atoms with Crippen molar-refractivity contribution in [2.45, 2.75) is 71.4 Å². The smallest absolute Gasteiger partial charge is 0.227 e. The maximum atomic E-state index is 12.8. The number of rotatable bonds is 8. The van der Waals surface area contributed by atoms with Crippen LogP contribution in [0.25, 0.3) is 0 Å². The zero-order valence-corrected chi connectivity index (χ0v) is 17.7. The van der Waals surface area contributed by atoms with E-state index in [1.807, 2.05) is 20.8 Å². The SMILES string of the molecule is CCOc1cc2c(cc1C1CC1NC(=O)C(CC)(CC)CN)OC(C)C2.Cl. The molecule has 0 aromatic heterocycles. The van der Waals surface area contributed by atoms with Crippen molar-refractivity contribution >= 4 is 18.3 Å². The molecule has 6 heteroatoms. The molecular formula is C21H33ClN2O3. The molecule has 3 unspecified atom stereocenters. The van der Waals surface area contributed by atoms with Crippen LogP contribution in [0.2, 0.25) is 0 Å². The van der Waals surface area contributed by atoms with Gasteiger partial charge in [-0.3, -0.25) is 4.79 Å². The first-order chi connectivity index (χ1) is 12.5. The third kappa shape index (κ3) is 4.19. The number of halogens is 1. The first kappa shape index (κ1) is 21.8. The lowest BCUT2D eigenvalue weighted by Crippen LogP contribution is -2.46. The summed E-state index contributed by atoms with van der Waals surface area (Å²) in [5.41, 5.74) is 7.82. The number of amides is 1. The second-order valence-electron chi connectivity index (χ2n) is 7.68. The van der Waals surface area contributed by atoms with Crippen LogP contribution < -0.4 is 20.5 Å². The van der Waals surface area contributed by atoms with Crippen LogP contribution in [-0.4, -0.2) is 31.2 Å². The number of nitrogens with two attached hydrogens (primary N) is 1. The quantitative estimate of drug-likeness (QED) is 0.704. The molecule has 0 radical (unpaired) electrons. The summed E-state index contributed by atoms with van der Waals surface area (Å²) in [4.78, 5) is 12.8. The number of hydrogen-bond donors (Lipinski definition) is 2. The highest BCUT2D eigenvalue weighted by atomic mass is 35.5. The van der Waals surface area contributed by atoms with E-state index in [2.05, 4.69) is 24.4 Å². The van der Waals surface area contributed by atoms with Crippen molar-refractivity contribution in [1.82, 2.24) is 5.32 Å². The fourth-order valence-corrected chi connectivity index (χ4v) is 4.00. The molecule has 3 atom stereocenters. The highest BCUT2D eigenvalue weighted by Crippen LogP contribution is 2.48. The predicted molar refractivity (Wildman–Crippen MR) is 110 cm³/mol. The number of fused-ring (bicyclic) bond motifs is 1. The Hall–Kier alpha value is -1.46. The van der Waals surface area contributed by atoms with E-state index in [9.17, 15) is 4.79 Å². The average molecular weight is 397 g/mol. The molecule has 1 amide bonds. The molecular weight excluding hydrogens is 364 g/mol. The van der Waals surface area contributed by atoms with E-state index in [1.54, 1.807) is 0 Å². The largest absolute Gasteiger partial charge is 0.494 e. The molecule has 1 saturated carbocycles. The third-order valence-corrected chi connectivity index (χ3v) is 6.06. The van der Waals surface area contributed by atoms with Gasteiger partial charge in [0.15, 0.2) is 0 Å². The van der Waals surface area contributed by atoms with Gasteiger partial charge in [-0.25, -0.2) is 0 Å². The molecule has 152 valence electrons. The molecule has 5 nitrogen and oxygen atoms in total. The van der Waals surface area contributed by atoms with Gasteiger partial charge in [-0.1, -0.05) is 13.8 Å². The standard InChI is InChI=1S/C21H32N2O3.ClH/c1-5-21(6-2,12-22)20(24)23-17-10-15(17)16-11-18-14(8-13(4)26-18)9-19(16)25-7-3;/h9,11,13,15,17H,5-8,10,12,22H2,1-4H3,(H,23,24);1H. The Balaban J connectivity index is 0.00000261. The Morgan fingerprint density at radius 3 is 2.63 bits per heavy atom. The molecule has 27 heavy (non-hydrogen) atoms. The molecule has 1 fully saturated rings. The maximum absolute atomic E-state index is 12.8. The topological polar surface area (TPSA) is 73.6 Å². The van der Waals surface area contributed by atoms with Crippen molar-refractivity contribution in [3.8, 4) is 11.5 Å². The highest BCUT2D eigenvalue weighted by Gasteiger charge is 2.45. The molecule has 1 aromatic carbocycles. The van der Waals surface area contributed by atoms with Gasteiger partial charge in [0, 0.05) is 36.1 Å². The van der Waals surface area contributed by atoms with Gasteiger partial charge in [-0.05, 0) is 45.2 Å². The number of carbonyl (C=O) groups excluding carboxylic acids is 1. The summed E-state index contributed by atoms with van der Waals surface area (Å²) in [6.45, 7) is 9.17. The van der Waals surface area contributed by atoms with Crippen molar-refractivity contribution in [3.63, 3.8) is 0 Å². The summed E-state index contributed by atoms with van der Waals surface area (Å²) in [7, 11) is 0. The first-order valence-corrected chi connectivity index (χ1v) is 9.95. The van der Waals surface area contributed by atoms with E-state index in [0.717, 1.165) is 42.7 Å². The van der Waals surface area contributed by atoms with Gasteiger partial charge in [0.1, 0.15) is 17.6 Å². The molecule has 0 spiro atoms. The summed E-state index contributed by atoms with van der Waals surface area (Å²) >= 11 is 0. The van der Waals surface area contributed by atoms with Crippen LogP contribution in [0.15, 0.2) is 12.1 Å². The zero-order valence-electron chi connectivity index (χ0n) is 16.8. The van der Waals surface area contributed by atoms with Crippen molar-refractivity contribution in [1.29, 1.82) is 0 Å². The van der Waals surface area contributed by atoms with E-state index >= 15 is 0 Å². The Bertz CT molecular complexity index is 667. The third-order valence-electron chi connectivity index (χ3n) is 6.06. The predicted octanol–water partition coefficient (Wildman–Crippen LogP) is 3.57. The minimum atomic E-state index is -0.452. The molecule has 1 aliphatic carbocycles. The van der Waals surface area contributed by atoms with Crippen molar-refractivity contribution < 1.29 is 14.3 Å². The van der Waals surface area contributed by atoms with E-state index in [-0.39, 0.29) is 36.4 Å². The number of carbonyl (C=O) groups is 1. The van der Waals surface area contributed by atoms with E-state index in [4.69, 9.17) is 15.2 Å². The number of hydrogen-bond acceptors (Lipinski definition) is 4. The molecule has 3 rings (SSSR count). The van der Waals surface area contributed by atoms with Crippen LogP contribution in [0.3, 0.4) is 0 Å². The molecule has 1 aliphatic heterocycles. The van der Waals surface area contributed by atoms with E-state index in [1.165, 1.54) is 5.56 Å². The van der Waals surface area contributed by atoms with Crippen molar-refractivity contribution in [3.05, 3.63) is 23.3 Å². The molecule has 3 N–H and O–H groups in total. The van der Waals surface area contributed by atoms with Crippen LogP contribution in [0.1, 0.15) is 64.0 Å². The van der Waals surface area contributed by atoms with Crippen molar-refractivity contribution in [2.24, 2.45) is 11.1 Å². The first-order valence-electron chi connectivity index (χ1n) is 9.95. The normalized spacial score (nSPS) is 23.1. The zero-order chi connectivity index (χ0) is 18.9. The van der Waals surface area contributed by atoms with Crippen molar-refractivity contribution in [2.75, 3.05) is 13.2 Å². The lowest BCUT2D eigenvalue weighted by atomic mass is 9.81. The number of nitrogens with one attached hydrogen (secondary N) is 1. The Labute approximate surface area is 168 Å². The highest BCUT2D eigenvalue weighted by molar-refractivity contribution is 5.85. The molecule has 1 aromatic rings. The summed E-state index contributed by atoms with van der Waals surface area (Å²) in [5.74, 6) is 2.27. The van der Waals surface area contributed by atoms with Gasteiger partial charge >= 0.3 is 0 Å².